The van der Waals surface area contributed by atoms with Crippen molar-refractivity contribution < 1.29 is 19.0 Å². The summed E-state index contributed by atoms with van der Waals surface area (Å²) in [5.41, 5.74) is 1.58. The third kappa shape index (κ3) is 10.7. The summed E-state index contributed by atoms with van der Waals surface area (Å²) in [6.45, 7) is 6.81. The summed E-state index contributed by atoms with van der Waals surface area (Å²) < 4.78 is 16.6. The molecule has 6 nitrogen and oxygen atoms in total. The van der Waals surface area contributed by atoms with Gasteiger partial charge in [-0.05, 0) is 49.7 Å². The molecule has 0 heterocycles. The molecule has 2 rings (SSSR count). The molecule has 0 aliphatic rings. The van der Waals surface area contributed by atoms with Gasteiger partial charge in [0.05, 0.1) is 19.8 Å². The Morgan fingerprint density at radius 1 is 0.806 bits per heavy atom. The van der Waals surface area contributed by atoms with Crippen molar-refractivity contribution in [1.29, 1.82) is 0 Å². The Morgan fingerprint density at radius 2 is 1.58 bits per heavy atom. The van der Waals surface area contributed by atoms with Crippen LogP contribution >= 0.6 is 0 Å². The minimum atomic E-state index is -0.118. The zero-order valence-electron chi connectivity index (χ0n) is 18.8. The van der Waals surface area contributed by atoms with Crippen LogP contribution in [0.1, 0.15) is 46.0 Å². The van der Waals surface area contributed by atoms with Crippen molar-refractivity contribution in [3.63, 3.8) is 0 Å². The molecule has 170 valence electrons. The van der Waals surface area contributed by atoms with Crippen LogP contribution in [0.25, 0.3) is 0 Å². The number of nitrogens with one attached hydrogen (secondary N) is 2. The number of amides is 1. The fourth-order valence-corrected chi connectivity index (χ4v) is 2.98. The first-order valence-corrected chi connectivity index (χ1v) is 11.3. The van der Waals surface area contributed by atoms with Gasteiger partial charge in [-0.1, -0.05) is 38.7 Å². The van der Waals surface area contributed by atoms with E-state index >= 15 is 0 Å². The van der Waals surface area contributed by atoms with Gasteiger partial charge in [0, 0.05) is 24.0 Å². The molecule has 31 heavy (non-hydrogen) atoms. The minimum Gasteiger partial charge on any atom is -0.494 e. The summed E-state index contributed by atoms with van der Waals surface area (Å²) in [6.07, 6.45) is 6.06. The largest absolute Gasteiger partial charge is 0.494 e. The van der Waals surface area contributed by atoms with E-state index in [1.54, 1.807) is 0 Å². The second-order valence-corrected chi connectivity index (χ2v) is 7.26. The average molecular weight is 429 g/mol. The molecular weight excluding hydrogens is 392 g/mol. The fourth-order valence-electron chi connectivity index (χ4n) is 2.98. The number of anilines is 2. The summed E-state index contributed by atoms with van der Waals surface area (Å²) in [6, 6.07) is 15.0. The Morgan fingerprint density at radius 3 is 2.35 bits per heavy atom. The second kappa shape index (κ2) is 15.1. The van der Waals surface area contributed by atoms with E-state index in [1.807, 2.05) is 55.5 Å². The topological polar surface area (TPSA) is 68.8 Å². The lowest BCUT2D eigenvalue weighted by Crippen LogP contribution is -2.21. The molecule has 2 aromatic rings. The monoisotopic (exact) mass is 428 g/mol. The smallest absolute Gasteiger partial charge is 0.243 e. The van der Waals surface area contributed by atoms with Crippen LogP contribution in [0.3, 0.4) is 0 Å². The minimum absolute atomic E-state index is 0.118. The molecule has 0 radical (unpaired) electrons. The van der Waals surface area contributed by atoms with E-state index in [0.29, 0.717) is 19.8 Å². The van der Waals surface area contributed by atoms with E-state index < -0.39 is 0 Å². The van der Waals surface area contributed by atoms with Crippen molar-refractivity contribution >= 4 is 17.3 Å². The highest BCUT2D eigenvalue weighted by Gasteiger charge is 2.04. The maximum absolute atomic E-state index is 12.2. The summed E-state index contributed by atoms with van der Waals surface area (Å²) in [7, 11) is 0. The van der Waals surface area contributed by atoms with Crippen LogP contribution < -0.4 is 20.1 Å². The summed E-state index contributed by atoms with van der Waals surface area (Å²) in [5.74, 6) is 1.45. The van der Waals surface area contributed by atoms with Crippen molar-refractivity contribution in [2.45, 2.75) is 46.0 Å². The lowest BCUT2D eigenvalue weighted by Gasteiger charge is -2.11. The molecule has 0 aliphatic heterocycles. The zero-order valence-corrected chi connectivity index (χ0v) is 18.8. The quantitative estimate of drug-likeness (QED) is 0.346. The van der Waals surface area contributed by atoms with E-state index in [4.69, 9.17) is 14.2 Å². The molecule has 6 heteroatoms. The molecule has 1 amide bonds. The van der Waals surface area contributed by atoms with Gasteiger partial charge < -0.3 is 24.8 Å². The summed E-state index contributed by atoms with van der Waals surface area (Å²) in [4.78, 5) is 12.2. The Hall–Kier alpha value is -2.73. The zero-order chi connectivity index (χ0) is 22.2. The molecular formula is C25H36N2O4. The normalized spacial score (nSPS) is 10.5. The van der Waals surface area contributed by atoms with E-state index in [1.165, 1.54) is 25.7 Å². The maximum atomic E-state index is 12.2. The summed E-state index contributed by atoms with van der Waals surface area (Å²) in [5, 5.41) is 6.02. The molecule has 2 N–H and O–H groups in total. The molecule has 0 atom stereocenters. The molecule has 2 aromatic carbocycles. The van der Waals surface area contributed by atoms with Crippen LogP contribution in [0.4, 0.5) is 11.4 Å². The maximum Gasteiger partial charge on any atom is 0.243 e. The predicted molar refractivity (Wildman–Crippen MR) is 126 cm³/mol. The van der Waals surface area contributed by atoms with Crippen LogP contribution in [0.5, 0.6) is 11.5 Å². The van der Waals surface area contributed by atoms with Crippen LogP contribution in [0, 0.1) is 0 Å². The lowest BCUT2D eigenvalue weighted by molar-refractivity contribution is -0.114. The van der Waals surface area contributed by atoms with Gasteiger partial charge in [-0.25, -0.2) is 0 Å². The highest BCUT2D eigenvalue weighted by Crippen LogP contribution is 2.18. The Balaban J connectivity index is 1.68. The first kappa shape index (κ1) is 24.5. The number of rotatable bonds is 16. The molecule has 0 unspecified atom stereocenters. The number of unbranched alkanes of at least 4 members (excludes halogenated alkanes) is 4. The standard InChI is InChI=1S/C25H36N2O4/c1-3-5-6-7-8-16-30-24-11-9-10-22(19-24)26-20-25(28)27-21-12-14-23(15-13-21)31-18-17-29-4-2/h9-15,19,26H,3-8,16-18,20H2,1-2H3,(H,27,28). The SMILES string of the molecule is CCCCCCCOc1cccc(NCC(=O)Nc2ccc(OCCOCC)cc2)c1. The van der Waals surface area contributed by atoms with E-state index in [9.17, 15) is 4.79 Å². The second-order valence-electron chi connectivity index (χ2n) is 7.26. The molecule has 0 aromatic heterocycles. The van der Waals surface area contributed by atoms with Crippen LogP contribution in [-0.4, -0.2) is 38.9 Å². The van der Waals surface area contributed by atoms with Crippen LogP contribution in [-0.2, 0) is 9.53 Å². The number of hydrogen-bond donors (Lipinski definition) is 2. The number of benzene rings is 2. The van der Waals surface area contributed by atoms with Crippen LogP contribution in [0.15, 0.2) is 48.5 Å². The van der Waals surface area contributed by atoms with Gasteiger partial charge in [0.25, 0.3) is 0 Å². The predicted octanol–water partition coefficient (Wildman–Crippen LogP) is 5.50. The van der Waals surface area contributed by atoms with Gasteiger partial charge in [0.2, 0.25) is 5.91 Å². The van der Waals surface area contributed by atoms with Crippen molar-refractivity contribution in [3.05, 3.63) is 48.5 Å². The Kier molecular flexibility index (Phi) is 12.0. The van der Waals surface area contributed by atoms with Gasteiger partial charge in [-0.3, -0.25) is 4.79 Å². The highest BCUT2D eigenvalue weighted by molar-refractivity contribution is 5.93. The van der Waals surface area contributed by atoms with E-state index in [0.717, 1.165) is 35.9 Å². The lowest BCUT2D eigenvalue weighted by atomic mass is 10.2. The molecule has 0 spiro atoms. The van der Waals surface area contributed by atoms with Gasteiger partial charge in [0.15, 0.2) is 0 Å². The third-order valence-corrected chi connectivity index (χ3v) is 4.64. The number of carbonyl (C=O) groups is 1. The van der Waals surface area contributed by atoms with Crippen molar-refractivity contribution in [1.82, 2.24) is 0 Å². The van der Waals surface area contributed by atoms with Crippen molar-refractivity contribution in [2.75, 3.05) is 43.6 Å². The van der Waals surface area contributed by atoms with Crippen LogP contribution in [0.2, 0.25) is 0 Å². The number of carbonyl (C=O) groups excluding carboxylic acids is 1. The Labute approximate surface area is 186 Å². The highest BCUT2D eigenvalue weighted by atomic mass is 16.5. The first-order chi connectivity index (χ1) is 15.2. The molecule has 0 fully saturated rings. The van der Waals surface area contributed by atoms with Gasteiger partial charge in [-0.2, -0.15) is 0 Å². The summed E-state index contributed by atoms with van der Waals surface area (Å²) >= 11 is 0. The number of ether oxygens (including phenoxy) is 3. The number of hydrogen-bond acceptors (Lipinski definition) is 5. The van der Waals surface area contributed by atoms with E-state index in [-0.39, 0.29) is 12.5 Å². The van der Waals surface area contributed by atoms with Gasteiger partial charge in [0.1, 0.15) is 18.1 Å². The third-order valence-electron chi connectivity index (χ3n) is 4.64. The Bertz CT molecular complexity index is 749. The molecule has 0 saturated heterocycles. The van der Waals surface area contributed by atoms with Gasteiger partial charge >= 0.3 is 0 Å². The van der Waals surface area contributed by atoms with Crippen molar-refractivity contribution in [2.24, 2.45) is 0 Å². The first-order valence-electron chi connectivity index (χ1n) is 11.3. The van der Waals surface area contributed by atoms with E-state index in [2.05, 4.69) is 17.6 Å². The average Bonchev–Trinajstić information content (AvgIpc) is 2.79. The van der Waals surface area contributed by atoms with Crippen molar-refractivity contribution in [3.8, 4) is 11.5 Å². The molecule has 0 bridgehead atoms. The molecule has 0 saturated carbocycles. The molecule has 0 aliphatic carbocycles. The van der Waals surface area contributed by atoms with Gasteiger partial charge in [-0.15, -0.1) is 0 Å². The fraction of sp³-hybridized carbons (Fsp3) is 0.480.